The summed E-state index contributed by atoms with van der Waals surface area (Å²) in [6.45, 7) is 8.52. The largest absolute Gasteiger partial charge is 0.444 e. The quantitative estimate of drug-likeness (QED) is 0.847. The summed E-state index contributed by atoms with van der Waals surface area (Å²) in [7, 11) is 0. The summed E-state index contributed by atoms with van der Waals surface area (Å²) in [6.07, 6.45) is -0.308. The van der Waals surface area contributed by atoms with E-state index in [1.807, 2.05) is 52.0 Å². The Bertz CT molecular complexity index is 430. The number of benzene rings is 1. The van der Waals surface area contributed by atoms with Crippen molar-refractivity contribution in [1.29, 1.82) is 0 Å². The van der Waals surface area contributed by atoms with E-state index in [0.29, 0.717) is 13.2 Å². The molecule has 19 heavy (non-hydrogen) atoms. The minimum atomic E-state index is -0.472. The van der Waals surface area contributed by atoms with E-state index in [4.69, 9.17) is 4.74 Å². The standard InChI is InChI=1S/C14H21BrN2O2/c1-5-17(13(18)19-14(2,3)4)10-16-12-8-6-7-11(15)9-12/h6-9,16H,5,10H2,1-4H3. The number of carbonyl (C=O) groups is 1. The maximum absolute atomic E-state index is 11.9. The van der Waals surface area contributed by atoms with Crippen LogP contribution in [0.1, 0.15) is 27.7 Å². The minimum Gasteiger partial charge on any atom is -0.444 e. The minimum absolute atomic E-state index is 0.308. The first-order valence-electron chi connectivity index (χ1n) is 6.29. The maximum atomic E-state index is 11.9. The molecule has 0 spiro atoms. The van der Waals surface area contributed by atoms with Gasteiger partial charge >= 0.3 is 6.09 Å². The second-order valence-electron chi connectivity index (χ2n) is 5.18. The van der Waals surface area contributed by atoms with Crippen LogP contribution in [0.5, 0.6) is 0 Å². The van der Waals surface area contributed by atoms with E-state index in [9.17, 15) is 4.79 Å². The molecule has 1 N–H and O–H groups in total. The molecule has 0 unspecified atom stereocenters. The van der Waals surface area contributed by atoms with Crippen molar-refractivity contribution in [3.05, 3.63) is 28.7 Å². The van der Waals surface area contributed by atoms with Crippen LogP contribution in [-0.2, 0) is 4.74 Å². The zero-order valence-electron chi connectivity index (χ0n) is 11.9. The summed E-state index contributed by atoms with van der Waals surface area (Å²) in [4.78, 5) is 13.5. The van der Waals surface area contributed by atoms with Crippen molar-refractivity contribution in [2.45, 2.75) is 33.3 Å². The lowest BCUT2D eigenvalue weighted by Crippen LogP contribution is -2.39. The number of hydrogen-bond acceptors (Lipinski definition) is 3. The lowest BCUT2D eigenvalue weighted by molar-refractivity contribution is 0.0274. The number of ether oxygens (including phenoxy) is 1. The number of carbonyl (C=O) groups excluding carboxylic acids is 1. The predicted octanol–water partition coefficient (Wildman–Crippen LogP) is 4.08. The normalized spacial score (nSPS) is 11.0. The Hall–Kier alpha value is -1.23. The van der Waals surface area contributed by atoms with Gasteiger partial charge in [-0.25, -0.2) is 4.79 Å². The monoisotopic (exact) mass is 328 g/mol. The van der Waals surface area contributed by atoms with E-state index in [2.05, 4.69) is 21.2 Å². The van der Waals surface area contributed by atoms with Gasteiger partial charge in [0.1, 0.15) is 5.60 Å². The van der Waals surface area contributed by atoms with Gasteiger partial charge in [0.15, 0.2) is 0 Å². The molecular formula is C14H21BrN2O2. The molecule has 106 valence electrons. The molecule has 0 saturated carbocycles. The topological polar surface area (TPSA) is 41.6 Å². The number of amides is 1. The van der Waals surface area contributed by atoms with Gasteiger partial charge in [-0.15, -0.1) is 0 Å². The fraction of sp³-hybridized carbons (Fsp3) is 0.500. The predicted molar refractivity (Wildman–Crippen MR) is 81.2 cm³/mol. The van der Waals surface area contributed by atoms with Crippen molar-refractivity contribution in [1.82, 2.24) is 4.90 Å². The fourth-order valence-electron chi connectivity index (χ4n) is 1.42. The molecule has 0 aliphatic rings. The van der Waals surface area contributed by atoms with Gasteiger partial charge in [-0.3, -0.25) is 4.90 Å². The van der Waals surface area contributed by atoms with Crippen LogP contribution in [0.25, 0.3) is 0 Å². The Kier molecular flexibility index (Phi) is 5.66. The number of nitrogens with zero attached hydrogens (tertiary/aromatic N) is 1. The van der Waals surface area contributed by atoms with Gasteiger partial charge in [0, 0.05) is 16.7 Å². The summed E-state index contributed by atoms with van der Waals surface area (Å²) in [6, 6.07) is 7.81. The van der Waals surface area contributed by atoms with E-state index >= 15 is 0 Å². The molecule has 4 nitrogen and oxygen atoms in total. The van der Waals surface area contributed by atoms with Gasteiger partial charge < -0.3 is 10.1 Å². The summed E-state index contributed by atoms with van der Waals surface area (Å²) in [5.41, 5.74) is 0.483. The molecular weight excluding hydrogens is 308 g/mol. The van der Waals surface area contributed by atoms with Crippen molar-refractivity contribution in [2.24, 2.45) is 0 Å². The van der Waals surface area contributed by atoms with Crippen LogP contribution in [0.3, 0.4) is 0 Å². The second-order valence-corrected chi connectivity index (χ2v) is 6.10. The number of halogens is 1. The van der Waals surface area contributed by atoms with Crippen LogP contribution in [0, 0.1) is 0 Å². The number of hydrogen-bond donors (Lipinski definition) is 1. The highest BCUT2D eigenvalue weighted by molar-refractivity contribution is 9.10. The molecule has 0 saturated heterocycles. The zero-order chi connectivity index (χ0) is 14.5. The number of anilines is 1. The fourth-order valence-corrected chi connectivity index (χ4v) is 1.82. The molecule has 0 fully saturated rings. The maximum Gasteiger partial charge on any atom is 0.411 e. The van der Waals surface area contributed by atoms with Crippen LogP contribution in [0.15, 0.2) is 28.7 Å². The summed E-state index contributed by atoms with van der Waals surface area (Å²) in [5, 5.41) is 3.20. The van der Waals surface area contributed by atoms with Crippen LogP contribution < -0.4 is 5.32 Å². The number of rotatable bonds is 4. The third-order valence-electron chi connectivity index (χ3n) is 2.33. The zero-order valence-corrected chi connectivity index (χ0v) is 13.5. The average Bonchev–Trinajstić information content (AvgIpc) is 2.27. The average molecular weight is 329 g/mol. The third-order valence-corrected chi connectivity index (χ3v) is 2.83. The molecule has 0 aliphatic heterocycles. The van der Waals surface area contributed by atoms with Crippen molar-refractivity contribution >= 4 is 27.7 Å². The van der Waals surface area contributed by atoms with E-state index in [-0.39, 0.29) is 6.09 Å². The van der Waals surface area contributed by atoms with Gasteiger partial charge in [0.25, 0.3) is 0 Å². The molecule has 0 heterocycles. The van der Waals surface area contributed by atoms with E-state index in [1.165, 1.54) is 0 Å². The van der Waals surface area contributed by atoms with Crippen LogP contribution in [-0.4, -0.2) is 29.8 Å². The first-order chi connectivity index (χ1) is 8.81. The van der Waals surface area contributed by atoms with Gasteiger partial charge in [0.2, 0.25) is 0 Å². The van der Waals surface area contributed by atoms with E-state index < -0.39 is 5.60 Å². The van der Waals surface area contributed by atoms with Gasteiger partial charge in [0.05, 0.1) is 6.67 Å². The molecule has 0 atom stereocenters. The SMILES string of the molecule is CCN(CNc1cccc(Br)c1)C(=O)OC(C)(C)C. The molecule has 1 rings (SSSR count). The molecule has 1 aromatic rings. The Balaban J connectivity index is 2.55. The van der Waals surface area contributed by atoms with E-state index in [1.54, 1.807) is 4.90 Å². The summed E-state index contributed by atoms with van der Waals surface area (Å²) < 4.78 is 6.34. The lowest BCUT2D eigenvalue weighted by Gasteiger charge is -2.27. The van der Waals surface area contributed by atoms with Crippen molar-refractivity contribution in [2.75, 3.05) is 18.5 Å². The molecule has 1 amide bonds. The van der Waals surface area contributed by atoms with Crippen molar-refractivity contribution < 1.29 is 9.53 Å². The van der Waals surface area contributed by atoms with Crippen molar-refractivity contribution in [3.63, 3.8) is 0 Å². The van der Waals surface area contributed by atoms with Gasteiger partial charge in [-0.2, -0.15) is 0 Å². The summed E-state index contributed by atoms with van der Waals surface area (Å²) >= 11 is 3.41. The molecule has 5 heteroatoms. The molecule has 0 bridgehead atoms. The van der Waals surface area contributed by atoms with E-state index in [0.717, 1.165) is 10.2 Å². The van der Waals surface area contributed by atoms with Gasteiger partial charge in [-0.05, 0) is 45.9 Å². The molecule has 0 aliphatic carbocycles. The van der Waals surface area contributed by atoms with Crippen LogP contribution in [0.4, 0.5) is 10.5 Å². The lowest BCUT2D eigenvalue weighted by atomic mass is 10.2. The van der Waals surface area contributed by atoms with Gasteiger partial charge in [-0.1, -0.05) is 22.0 Å². The Morgan fingerprint density at radius 3 is 2.63 bits per heavy atom. The first-order valence-corrected chi connectivity index (χ1v) is 7.08. The first kappa shape index (κ1) is 15.8. The highest BCUT2D eigenvalue weighted by atomic mass is 79.9. The third kappa shape index (κ3) is 5.96. The van der Waals surface area contributed by atoms with Crippen LogP contribution in [0.2, 0.25) is 0 Å². The Morgan fingerprint density at radius 1 is 1.42 bits per heavy atom. The van der Waals surface area contributed by atoms with Crippen LogP contribution >= 0.6 is 15.9 Å². The smallest absolute Gasteiger partial charge is 0.411 e. The highest BCUT2D eigenvalue weighted by Gasteiger charge is 2.20. The van der Waals surface area contributed by atoms with Crippen molar-refractivity contribution in [3.8, 4) is 0 Å². The molecule has 0 radical (unpaired) electrons. The highest BCUT2D eigenvalue weighted by Crippen LogP contribution is 2.16. The molecule has 0 aromatic heterocycles. The Morgan fingerprint density at radius 2 is 2.11 bits per heavy atom. The number of nitrogens with one attached hydrogen (secondary N) is 1. The second kappa shape index (κ2) is 6.80. The summed E-state index contributed by atoms with van der Waals surface area (Å²) in [5.74, 6) is 0. The Labute approximate surface area is 123 Å². The molecule has 1 aromatic carbocycles.